The Labute approximate surface area is 188 Å². The lowest BCUT2D eigenvalue weighted by Crippen LogP contribution is -2.44. The van der Waals surface area contributed by atoms with Crippen LogP contribution in [0.5, 0.6) is 0 Å². The second kappa shape index (κ2) is 7.52. The molecule has 4 aromatic heterocycles. The van der Waals surface area contributed by atoms with Gasteiger partial charge < -0.3 is 20.5 Å². The van der Waals surface area contributed by atoms with Gasteiger partial charge in [-0.15, -0.1) is 0 Å². The van der Waals surface area contributed by atoms with E-state index >= 15 is 4.39 Å². The molecule has 0 saturated carbocycles. The predicted molar refractivity (Wildman–Crippen MR) is 126 cm³/mol. The number of rotatable bonds is 3. The molecule has 5 heterocycles. The molecule has 4 N–H and O–H groups in total. The van der Waals surface area contributed by atoms with Crippen LogP contribution in [0.3, 0.4) is 0 Å². The van der Waals surface area contributed by atoms with Crippen LogP contribution >= 0.6 is 0 Å². The van der Waals surface area contributed by atoms with Gasteiger partial charge in [0, 0.05) is 55.9 Å². The number of nitrogens with zero attached hydrogens (tertiary/aromatic N) is 6. The molecule has 0 bridgehead atoms. The molecule has 33 heavy (non-hydrogen) atoms. The minimum Gasteiger partial charge on any atom is -0.397 e. The van der Waals surface area contributed by atoms with Crippen molar-refractivity contribution in [2.24, 2.45) is 0 Å². The highest BCUT2D eigenvalue weighted by atomic mass is 19.1. The van der Waals surface area contributed by atoms with Crippen LogP contribution in [-0.2, 0) is 0 Å². The van der Waals surface area contributed by atoms with Crippen molar-refractivity contribution in [1.29, 1.82) is 0 Å². The normalized spacial score (nSPS) is 15.0. The summed E-state index contributed by atoms with van der Waals surface area (Å²) in [7, 11) is 2.12. The highest BCUT2D eigenvalue weighted by molar-refractivity contribution is 5.97. The van der Waals surface area contributed by atoms with Gasteiger partial charge in [0.2, 0.25) is 0 Å². The van der Waals surface area contributed by atoms with E-state index in [0.29, 0.717) is 44.9 Å². The van der Waals surface area contributed by atoms with Crippen molar-refractivity contribution < 1.29 is 4.39 Å². The van der Waals surface area contributed by atoms with Crippen LogP contribution in [0.25, 0.3) is 44.7 Å². The molecular weight excluding hydrogens is 421 g/mol. The van der Waals surface area contributed by atoms with Gasteiger partial charge in [-0.2, -0.15) is 5.10 Å². The maximum Gasteiger partial charge on any atom is 0.180 e. The van der Waals surface area contributed by atoms with Crippen molar-refractivity contribution in [2.75, 3.05) is 43.9 Å². The smallest absolute Gasteiger partial charge is 0.180 e. The van der Waals surface area contributed by atoms with Crippen LogP contribution in [0.15, 0.2) is 42.9 Å². The van der Waals surface area contributed by atoms with Crippen molar-refractivity contribution in [3.05, 3.63) is 48.7 Å². The highest BCUT2D eigenvalue weighted by Gasteiger charge is 2.22. The van der Waals surface area contributed by atoms with Gasteiger partial charge >= 0.3 is 0 Å². The molecule has 166 valence electrons. The zero-order valence-electron chi connectivity index (χ0n) is 18.0. The van der Waals surface area contributed by atoms with Crippen LogP contribution < -0.4 is 10.6 Å². The number of likely N-dealkylation sites (N-methyl/N-ethyl adjacent to an activating group) is 1. The van der Waals surface area contributed by atoms with Crippen molar-refractivity contribution in [3.8, 4) is 22.6 Å². The van der Waals surface area contributed by atoms with E-state index in [1.54, 1.807) is 30.6 Å². The molecule has 0 aliphatic carbocycles. The molecule has 0 atom stereocenters. The van der Waals surface area contributed by atoms with Crippen LogP contribution in [0.2, 0.25) is 0 Å². The summed E-state index contributed by atoms with van der Waals surface area (Å²) in [5.41, 5.74) is 10.8. The van der Waals surface area contributed by atoms with Gasteiger partial charge in [0.1, 0.15) is 17.0 Å². The first-order chi connectivity index (χ1) is 16.1. The Morgan fingerprint density at radius 2 is 1.94 bits per heavy atom. The van der Waals surface area contributed by atoms with Crippen molar-refractivity contribution in [2.45, 2.75) is 0 Å². The van der Waals surface area contributed by atoms with Crippen molar-refractivity contribution >= 4 is 33.4 Å². The average Bonchev–Trinajstić information content (AvgIpc) is 3.44. The number of aromatic nitrogens is 6. The van der Waals surface area contributed by atoms with Gasteiger partial charge in [0.25, 0.3) is 0 Å². The first-order valence-electron chi connectivity index (χ1n) is 10.7. The van der Waals surface area contributed by atoms with Gasteiger partial charge in [0.15, 0.2) is 11.5 Å². The van der Waals surface area contributed by atoms with Gasteiger partial charge in [-0.05, 0) is 31.3 Å². The average molecular weight is 443 g/mol. The van der Waals surface area contributed by atoms with Crippen LogP contribution in [0.4, 0.5) is 15.8 Å². The lowest BCUT2D eigenvalue weighted by Gasteiger charge is -2.34. The molecule has 9 nitrogen and oxygen atoms in total. The Kier molecular flexibility index (Phi) is 4.47. The number of fused-ring (bicyclic) bond motifs is 2. The van der Waals surface area contributed by atoms with Gasteiger partial charge in [-0.1, -0.05) is 0 Å². The number of halogens is 1. The minimum absolute atomic E-state index is 0.357. The monoisotopic (exact) mass is 443 g/mol. The van der Waals surface area contributed by atoms with Crippen LogP contribution in [-0.4, -0.2) is 68.3 Å². The van der Waals surface area contributed by atoms with Crippen LogP contribution in [0.1, 0.15) is 0 Å². The zero-order chi connectivity index (χ0) is 22.5. The SMILES string of the molecule is CN1CCN(c2ccnc3nc(-c4n[nH]c5ccc(-c6cncc(N)c6)c(F)c45)[nH]c23)CC1. The molecule has 1 fully saturated rings. The van der Waals surface area contributed by atoms with E-state index in [4.69, 9.17) is 5.73 Å². The third-order valence-electron chi connectivity index (χ3n) is 6.18. The number of nitrogen functional groups attached to an aromatic ring is 1. The molecule has 1 aliphatic rings. The molecule has 0 amide bonds. The van der Waals surface area contributed by atoms with E-state index in [2.05, 4.69) is 47.0 Å². The number of imidazole rings is 1. The molecule has 1 saturated heterocycles. The number of H-pyrrole nitrogens is 2. The summed E-state index contributed by atoms with van der Waals surface area (Å²) >= 11 is 0. The fourth-order valence-corrected chi connectivity index (χ4v) is 4.39. The summed E-state index contributed by atoms with van der Waals surface area (Å²) in [5, 5.41) is 7.65. The minimum atomic E-state index is -0.406. The van der Waals surface area contributed by atoms with E-state index < -0.39 is 5.82 Å². The highest BCUT2D eigenvalue weighted by Crippen LogP contribution is 2.35. The van der Waals surface area contributed by atoms with E-state index in [9.17, 15) is 0 Å². The van der Waals surface area contributed by atoms with Gasteiger partial charge in [-0.25, -0.2) is 14.4 Å². The first-order valence-corrected chi connectivity index (χ1v) is 10.7. The molecule has 0 unspecified atom stereocenters. The number of hydrogen-bond acceptors (Lipinski definition) is 7. The van der Waals surface area contributed by atoms with Crippen LogP contribution in [0, 0.1) is 5.82 Å². The second-order valence-corrected chi connectivity index (χ2v) is 8.33. The lowest BCUT2D eigenvalue weighted by atomic mass is 10.0. The fourth-order valence-electron chi connectivity index (χ4n) is 4.39. The molecule has 0 radical (unpaired) electrons. The Balaban J connectivity index is 1.48. The van der Waals surface area contributed by atoms with Crippen molar-refractivity contribution in [3.63, 3.8) is 0 Å². The molecule has 1 aliphatic heterocycles. The number of benzene rings is 1. The van der Waals surface area contributed by atoms with E-state index in [1.165, 1.54) is 6.20 Å². The Morgan fingerprint density at radius 1 is 1.09 bits per heavy atom. The first kappa shape index (κ1) is 19.6. The Morgan fingerprint density at radius 3 is 2.76 bits per heavy atom. The number of piperazine rings is 1. The lowest BCUT2D eigenvalue weighted by molar-refractivity contribution is 0.313. The maximum atomic E-state index is 15.7. The molecule has 5 aromatic rings. The summed E-state index contributed by atoms with van der Waals surface area (Å²) in [6.45, 7) is 3.81. The maximum absolute atomic E-state index is 15.7. The van der Waals surface area contributed by atoms with Gasteiger partial charge in [-0.3, -0.25) is 10.1 Å². The van der Waals surface area contributed by atoms with E-state index in [0.717, 1.165) is 37.4 Å². The zero-order valence-corrected chi connectivity index (χ0v) is 18.0. The summed E-state index contributed by atoms with van der Waals surface area (Å²) in [6.07, 6.45) is 4.88. The van der Waals surface area contributed by atoms with Crippen molar-refractivity contribution in [1.82, 2.24) is 35.0 Å². The van der Waals surface area contributed by atoms with E-state index in [1.807, 2.05) is 6.07 Å². The number of anilines is 2. The summed E-state index contributed by atoms with van der Waals surface area (Å²) < 4.78 is 15.7. The number of aromatic amines is 2. The molecule has 0 spiro atoms. The molecular formula is C23H22FN9. The predicted octanol–water partition coefficient (Wildman–Crippen LogP) is 3.04. The standard InChI is InChI=1S/C23H22FN9/c1-32-6-8-33(9-7-32)17-4-5-27-22-20(17)28-23(29-22)21-18-16(30-31-21)3-2-15(19(18)24)13-10-14(25)12-26-11-13/h2-5,10-12H,6-9,25H2,1H3,(H,30,31)(H,27,28,29). The Hall–Kier alpha value is -4.05. The quantitative estimate of drug-likeness (QED) is 0.392. The number of hydrogen-bond donors (Lipinski definition) is 3. The molecule has 10 heteroatoms. The second-order valence-electron chi connectivity index (χ2n) is 8.33. The fraction of sp³-hybridized carbons (Fsp3) is 0.217. The van der Waals surface area contributed by atoms with E-state index in [-0.39, 0.29) is 0 Å². The Bertz CT molecular complexity index is 1480. The summed E-state index contributed by atoms with van der Waals surface area (Å²) in [5.74, 6) is 0.0587. The third-order valence-corrected chi connectivity index (χ3v) is 6.18. The third kappa shape index (κ3) is 3.26. The molecule has 1 aromatic carbocycles. The number of pyridine rings is 2. The summed E-state index contributed by atoms with van der Waals surface area (Å²) in [4.78, 5) is 21.1. The summed E-state index contributed by atoms with van der Waals surface area (Å²) in [6, 6.07) is 7.18. The molecule has 6 rings (SSSR count). The van der Waals surface area contributed by atoms with Gasteiger partial charge in [0.05, 0.1) is 22.3 Å². The number of nitrogens with two attached hydrogens (primary N) is 1. The topological polar surface area (TPSA) is 116 Å². The number of nitrogens with one attached hydrogen (secondary N) is 2. The largest absolute Gasteiger partial charge is 0.397 e.